The molecule has 0 aliphatic rings. The molecule has 0 unspecified atom stereocenters. The zero-order valence-corrected chi connectivity index (χ0v) is 8.41. The lowest BCUT2D eigenvalue weighted by Crippen LogP contribution is -1.85. The lowest BCUT2D eigenvalue weighted by atomic mass is 10.00. The molecule has 1 heterocycles. The van der Waals surface area contributed by atoms with Gasteiger partial charge in [-0.05, 0) is 31.0 Å². The minimum atomic E-state index is 1.13. The number of benzene rings is 1. The zero-order chi connectivity index (χ0) is 9.97. The Bertz CT molecular complexity index is 432. The Kier molecular flexibility index (Phi) is 2.32. The van der Waals surface area contributed by atoms with Crippen LogP contribution < -0.4 is 0 Å². The van der Waals surface area contributed by atoms with Gasteiger partial charge in [0.1, 0.15) is 0 Å². The summed E-state index contributed by atoms with van der Waals surface area (Å²) in [5, 5.41) is 0. The summed E-state index contributed by atoms with van der Waals surface area (Å²) < 4.78 is 0. The molecule has 1 aromatic carbocycles. The van der Waals surface area contributed by atoms with Gasteiger partial charge in [0.2, 0.25) is 0 Å². The molecule has 1 radical (unpaired) electrons. The smallest absolute Gasteiger partial charge is 0.0347 e. The molecular formula is C13H12N. The summed E-state index contributed by atoms with van der Waals surface area (Å²) in [5.74, 6) is 0. The number of rotatable bonds is 1. The standard InChI is InChI=1S/C13H12N/c1-10-5-6-11(2)13(8-10)12-4-3-7-14-9-12/h4-9H,1-2H3. The van der Waals surface area contributed by atoms with Gasteiger partial charge < -0.3 is 0 Å². The highest BCUT2D eigenvalue weighted by molar-refractivity contribution is 5.66. The minimum absolute atomic E-state index is 1.13. The Morgan fingerprint density at radius 1 is 1.21 bits per heavy atom. The predicted octanol–water partition coefficient (Wildman–Crippen LogP) is 3.17. The lowest BCUT2D eigenvalue weighted by molar-refractivity contribution is 1.31. The number of nitrogens with zero attached hydrogens (tertiary/aromatic N) is 1. The Morgan fingerprint density at radius 3 is 2.79 bits per heavy atom. The van der Waals surface area contributed by atoms with Gasteiger partial charge in [0, 0.05) is 24.0 Å². The fourth-order valence-corrected chi connectivity index (χ4v) is 1.52. The molecule has 0 saturated heterocycles. The van der Waals surface area contributed by atoms with Crippen molar-refractivity contribution >= 4 is 0 Å². The first kappa shape index (κ1) is 8.95. The van der Waals surface area contributed by atoms with Gasteiger partial charge in [0.05, 0.1) is 0 Å². The van der Waals surface area contributed by atoms with Crippen LogP contribution in [0.5, 0.6) is 0 Å². The zero-order valence-electron chi connectivity index (χ0n) is 8.41. The Balaban J connectivity index is 2.57. The average molecular weight is 182 g/mol. The van der Waals surface area contributed by atoms with Crippen LogP contribution in [0, 0.1) is 19.9 Å². The molecule has 0 bridgehead atoms. The van der Waals surface area contributed by atoms with Gasteiger partial charge in [0.15, 0.2) is 0 Å². The molecule has 0 spiro atoms. The van der Waals surface area contributed by atoms with Crippen LogP contribution in [0.4, 0.5) is 0 Å². The van der Waals surface area contributed by atoms with Crippen molar-refractivity contribution in [3.05, 3.63) is 53.9 Å². The Morgan fingerprint density at radius 2 is 2.07 bits per heavy atom. The third-order valence-corrected chi connectivity index (χ3v) is 2.31. The minimum Gasteiger partial charge on any atom is -0.263 e. The molecule has 0 aliphatic heterocycles. The SMILES string of the molecule is Cc1ccc(C)c(-c2c[c]cnc2)c1. The summed E-state index contributed by atoms with van der Waals surface area (Å²) in [4.78, 5) is 4.08. The van der Waals surface area contributed by atoms with Gasteiger partial charge in [-0.2, -0.15) is 0 Å². The van der Waals surface area contributed by atoms with E-state index in [-0.39, 0.29) is 0 Å². The molecule has 69 valence electrons. The van der Waals surface area contributed by atoms with Crippen LogP contribution in [0.15, 0.2) is 36.7 Å². The molecule has 1 heteroatoms. The highest BCUT2D eigenvalue weighted by Crippen LogP contribution is 2.22. The number of hydrogen-bond donors (Lipinski definition) is 0. The van der Waals surface area contributed by atoms with Crippen molar-refractivity contribution < 1.29 is 0 Å². The van der Waals surface area contributed by atoms with Crippen LogP contribution in [0.25, 0.3) is 11.1 Å². The molecule has 1 aromatic heterocycles. The topological polar surface area (TPSA) is 12.9 Å². The van der Waals surface area contributed by atoms with Crippen molar-refractivity contribution in [2.45, 2.75) is 13.8 Å². The van der Waals surface area contributed by atoms with Gasteiger partial charge in [-0.3, -0.25) is 4.98 Å². The van der Waals surface area contributed by atoms with Crippen LogP contribution >= 0.6 is 0 Å². The molecule has 0 aliphatic carbocycles. The second-order valence-electron chi connectivity index (χ2n) is 3.49. The quantitative estimate of drug-likeness (QED) is 0.660. The van der Waals surface area contributed by atoms with E-state index in [0.29, 0.717) is 0 Å². The molecule has 0 atom stereocenters. The summed E-state index contributed by atoms with van der Waals surface area (Å²) in [6.07, 6.45) is 3.55. The van der Waals surface area contributed by atoms with E-state index in [1.807, 2.05) is 12.3 Å². The maximum atomic E-state index is 4.08. The van der Waals surface area contributed by atoms with Gasteiger partial charge in [-0.1, -0.05) is 23.8 Å². The van der Waals surface area contributed by atoms with Crippen LogP contribution in [0.1, 0.15) is 11.1 Å². The molecular weight excluding hydrogens is 170 g/mol. The fourth-order valence-electron chi connectivity index (χ4n) is 1.52. The van der Waals surface area contributed by atoms with Gasteiger partial charge in [-0.15, -0.1) is 0 Å². The van der Waals surface area contributed by atoms with Gasteiger partial charge in [-0.25, -0.2) is 0 Å². The second-order valence-corrected chi connectivity index (χ2v) is 3.49. The summed E-state index contributed by atoms with van der Waals surface area (Å²) in [6, 6.07) is 11.4. The summed E-state index contributed by atoms with van der Waals surface area (Å²) in [7, 11) is 0. The molecule has 14 heavy (non-hydrogen) atoms. The average Bonchev–Trinajstić information content (AvgIpc) is 2.23. The molecule has 0 fully saturated rings. The summed E-state index contributed by atoms with van der Waals surface area (Å²) in [5.41, 5.74) is 4.93. The van der Waals surface area contributed by atoms with Crippen LogP contribution in [0.2, 0.25) is 0 Å². The summed E-state index contributed by atoms with van der Waals surface area (Å²) >= 11 is 0. The highest BCUT2D eigenvalue weighted by atomic mass is 14.6. The second kappa shape index (κ2) is 3.62. The van der Waals surface area contributed by atoms with Crippen LogP contribution in [-0.4, -0.2) is 4.98 Å². The van der Waals surface area contributed by atoms with E-state index in [4.69, 9.17) is 0 Å². The maximum Gasteiger partial charge on any atom is 0.0347 e. The van der Waals surface area contributed by atoms with E-state index in [9.17, 15) is 0 Å². The normalized spacial score (nSPS) is 10.1. The van der Waals surface area contributed by atoms with Crippen molar-refractivity contribution in [3.63, 3.8) is 0 Å². The van der Waals surface area contributed by atoms with E-state index in [1.165, 1.54) is 16.7 Å². The van der Waals surface area contributed by atoms with Crippen LogP contribution in [0.3, 0.4) is 0 Å². The number of hydrogen-bond acceptors (Lipinski definition) is 1. The molecule has 0 amide bonds. The third kappa shape index (κ3) is 1.67. The van der Waals surface area contributed by atoms with E-state index in [0.717, 1.165) is 5.56 Å². The maximum absolute atomic E-state index is 4.08. The first-order valence-electron chi connectivity index (χ1n) is 4.66. The first-order valence-corrected chi connectivity index (χ1v) is 4.66. The number of aryl methyl sites for hydroxylation is 2. The highest BCUT2D eigenvalue weighted by Gasteiger charge is 2.01. The number of pyridine rings is 1. The van der Waals surface area contributed by atoms with Gasteiger partial charge >= 0.3 is 0 Å². The molecule has 0 N–H and O–H groups in total. The van der Waals surface area contributed by atoms with Crippen molar-refractivity contribution in [1.82, 2.24) is 4.98 Å². The monoisotopic (exact) mass is 182 g/mol. The lowest BCUT2D eigenvalue weighted by Gasteiger charge is -2.06. The third-order valence-electron chi connectivity index (χ3n) is 2.31. The van der Waals surface area contributed by atoms with Crippen molar-refractivity contribution in [3.8, 4) is 11.1 Å². The van der Waals surface area contributed by atoms with E-state index >= 15 is 0 Å². The molecule has 1 nitrogen and oxygen atoms in total. The van der Waals surface area contributed by atoms with E-state index in [2.05, 4.69) is 43.1 Å². The largest absolute Gasteiger partial charge is 0.263 e. The molecule has 2 aromatic rings. The number of aromatic nitrogens is 1. The predicted molar refractivity (Wildman–Crippen MR) is 58.0 cm³/mol. The van der Waals surface area contributed by atoms with E-state index in [1.54, 1.807) is 6.20 Å². The van der Waals surface area contributed by atoms with Crippen molar-refractivity contribution in [2.75, 3.05) is 0 Å². The van der Waals surface area contributed by atoms with Crippen LogP contribution in [-0.2, 0) is 0 Å². The Hall–Kier alpha value is -1.63. The van der Waals surface area contributed by atoms with Crippen molar-refractivity contribution in [2.24, 2.45) is 0 Å². The Labute approximate surface area is 84.4 Å². The first-order chi connectivity index (χ1) is 6.77. The van der Waals surface area contributed by atoms with Crippen molar-refractivity contribution in [1.29, 1.82) is 0 Å². The van der Waals surface area contributed by atoms with E-state index < -0.39 is 0 Å². The molecule has 0 saturated carbocycles. The van der Waals surface area contributed by atoms with Gasteiger partial charge in [0.25, 0.3) is 0 Å². The fraction of sp³-hybridized carbons (Fsp3) is 0.154. The summed E-state index contributed by atoms with van der Waals surface area (Å²) in [6.45, 7) is 4.21. The molecule has 2 rings (SSSR count).